The number of rotatable bonds is 5. The minimum Gasteiger partial charge on any atom is -0.344 e. The second kappa shape index (κ2) is 7.37. The number of nitrogens with one attached hydrogen (secondary N) is 2. The molecule has 3 aromatic rings. The quantitative estimate of drug-likeness (QED) is 0.758. The number of carbonyl (C=O) groups excluding carboxylic acids is 1. The molecule has 0 aliphatic rings. The molecule has 0 saturated heterocycles. The Balaban J connectivity index is 1.83. The molecule has 5 heteroatoms. The first-order valence-corrected chi connectivity index (χ1v) is 7.68. The third-order valence-electron chi connectivity index (χ3n) is 3.70. The second-order valence-electron chi connectivity index (χ2n) is 5.43. The summed E-state index contributed by atoms with van der Waals surface area (Å²) in [4.78, 5) is 23.5. The van der Waals surface area contributed by atoms with Crippen LogP contribution in [0, 0.1) is 0 Å². The standard InChI is InChI=1S/C19H17N3O2/c23-18-12-11-16(21-22-18)19(24)20-17(15-9-5-2-6-10-15)13-14-7-3-1-4-8-14/h1-12,17H,13H2,(H,20,24)(H,22,23). The Kier molecular flexibility index (Phi) is 4.81. The van der Waals surface area contributed by atoms with E-state index in [2.05, 4.69) is 15.5 Å². The maximum atomic E-state index is 12.4. The highest BCUT2D eigenvalue weighted by molar-refractivity contribution is 5.92. The normalized spacial score (nSPS) is 11.7. The predicted molar refractivity (Wildman–Crippen MR) is 91.7 cm³/mol. The zero-order valence-electron chi connectivity index (χ0n) is 13.0. The smallest absolute Gasteiger partial charge is 0.272 e. The molecule has 0 aliphatic carbocycles. The molecule has 2 N–H and O–H groups in total. The van der Waals surface area contributed by atoms with Crippen molar-refractivity contribution in [3.63, 3.8) is 0 Å². The molecular formula is C19H17N3O2. The van der Waals surface area contributed by atoms with Crippen molar-refractivity contribution in [3.05, 3.63) is 100.0 Å². The van der Waals surface area contributed by atoms with Crippen molar-refractivity contribution in [1.82, 2.24) is 15.5 Å². The van der Waals surface area contributed by atoms with E-state index < -0.39 is 0 Å². The van der Waals surface area contributed by atoms with E-state index >= 15 is 0 Å². The predicted octanol–water partition coefficient (Wildman–Crippen LogP) is 2.48. The van der Waals surface area contributed by atoms with Gasteiger partial charge in [-0.05, 0) is 23.6 Å². The van der Waals surface area contributed by atoms with Gasteiger partial charge in [-0.2, -0.15) is 5.10 Å². The average Bonchev–Trinajstić information content (AvgIpc) is 2.63. The minimum absolute atomic E-state index is 0.184. The summed E-state index contributed by atoms with van der Waals surface area (Å²) < 4.78 is 0. The van der Waals surface area contributed by atoms with Gasteiger partial charge in [-0.15, -0.1) is 0 Å². The Morgan fingerprint density at radius 2 is 1.62 bits per heavy atom. The first-order chi connectivity index (χ1) is 11.7. The molecule has 0 radical (unpaired) electrons. The molecule has 5 nitrogen and oxygen atoms in total. The number of aromatic amines is 1. The summed E-state index contributed by atoms with van der Waals surface area (Å²) in [6, 6.07) is 22.3. The number of hydrogen-bond acceptors (Lipinski definition) is 3. The van der Waals surface area contributed by atoms with Gasteiger partial charge in [0.05, 0.1) is 6.04 Å². The maximum absolute atomic E-state index is 12.4. The number of nitrogens with zero attached hydrogens (tertiary/aromatic N) is 1. The molecular weight excluding hydrogens is 302 g/mol. The van der Waals surface area contributed by atoms with Crippen molar-refractivity contribution >= 4 is 5.91 Å². The fourth-order valence-electron chi connectivity index (χ4n) is 2.49. The highest BCUT2D eigenvalue weighted by atomic mass is 16.2. The van der Waals surface area contributed by atoms with E-state index in [1.54, 1.807) is 0 Å². The van der Waals surface area contributed by atoms with Crippen molar-refractivity contribution < 1.29 is 4.79 Å². The van der Waals surface area contributed by atoms with Gasteiger partial charge in [0.25, 0.3) is 11.5 Å². The minimum atomic E-state index is -0.338. The largest absolute Gasteiger partial charge is 0.344 e. The van der Waals surface area contributed by atoms with E-state index in [0.717, 1.165) is 11.1 Å². The molecule has 120 valence electrons. The zero-order chi connectivity index (χ0) is 16.8. The average molecular weight is 319 g/mol. The summed E-state index contributed by atoms with van der Waals surface area (Å²) in [7, 11) is 0. The van der Waals surface area contributed by atoms with Gasteiger partial charge in [0.2, 0.25) is 0 Å². The van der Waals surface area contributed by atoms with Gasteiger partial charge in [-0.3, -0.25) is 9.59 Å². The van der Waals surface area contributed by atoms with Crippen LogP contribution in [0.25, 0.3) is 0 Å². The monoisotopic (exact) mass is 319 g/mol. The van der Waals surface area contributed by atoms with E-state index in [9.17, 15) is 9.59 Å². The number of amides is 1. The van der Waals surface area contributed by atoms with Crippen LogP contribution in [0.4, 0.5) is 0 Å². The topological polar surface area (TPSA) is 74.8 Å². The highest BCUT2D eigenvalue weighted by Gasteiger charge is 2.17. The van der Waals surface area contributed by atoms with E-state index in [1.807, 2.05) is 60.7 Å². The molecule has 0 fully saturated rings. The Morgan fingerprint density at radius 1 is 0.958 bits per heavy atom. The third-order valence-corrected chi connectivity index (χ3v) is 3.70. The molecule has 1 aromatic heterocycles. The van der Waals surface area contributed by atoms with Crippen LogP contribution < -0.4 is 10.9 Å². The fraction of sp³-hybridized carbons (Fsp3) is 0.105. The lowest BCUT2D eigenvalue weighted by molar-refractivity contribution is 0.0930. The number of H-pyrrole nitrogens is 1. The summed E-state index contributed by atoms with van der Waals surface area (Å²) >= 11 is 0. The van der Waals surface area contributed by atoms with Crippen LogP contribution in [0.2, 0.25) is 0 Å². The second-order valence-corrected chi connectivity index (χ2v) is 5.43. The van der Waals surface area contributed by atoms with Crippen molar-refractivity contribution in [2.24, 2.45) is 0 Å². The van der Waals surface area contributed by atoms with Gasteiger partial charge in [-0.25, -0.2) is 5.10 Å². The molecule has 0 saturated carbocycles. The number of benzene rings is 2. The van der Waals surface area contributed by atoms with Gasteiger partial charge in [0, 0.05) is 6.07 Å². The van der Waals surface area contributed by atoms with Gasteiger partial charge in [-0.1, -0.05) is 60.7 Å². The SMILES string of the molecule is O=C(NC(Cc1ccccc1)c1ccccc1)c1ccc(=O)[nH]n1. The van der Waals surface area contributed by atoms with Crippen LogP contribution in [0.1, 0.15) is 27.7 Å². The van der Waals surface area contributed by atoms with E-state index in [4.69, 9.17) is 0 Å². The van der Waals surface area contributed by atoms with Crippen LogP contribution in [0.3, 0.4) is 0 Å². The van der Waals surface area contributed by atoms with Crippen LogP contribution in [0.5, 0.6) is 0 Å². The Labute approximate surface area is 139 Å². The number of aromatic nitrogens is 2. The number of carbonyl (C=O) groups is 1. The van der Waals surface area contributed by atoms with Crippen LogP contribution >= 0.6 is 0 Å². The lowest BCUT2D eigenvalue weighted by Crippen LogP contribution is -2.31. The maximum Gasteiger partial charge on any atom is 0.272 e. The molecule has 24 heavy (non-hydrogen) atoms. The molecule has 3 rings (SSSR count). The summed E-state index contributed by atoms with van der Waals surface area (Å²) in [6.07, 6.45) is 0.667. The summed E-state index contributed by atoms with van der Waals surface area (Å²) in [5, 5.41) is 9.05. The van der Waals surface area contributed by atoms with Crippen molar-refractivity contribution in [2.75, 3.05) is 0 Å². The highest BCUT2D eigenvalue weighted by Crippen LogP contribution is 2.18. The van der Waals surface area contributed by atoms with Crippen molar-refractivity contribution in [3.8, 4) is 0 Å². The van der Waals surface area contributed by atoms with Gasteiger partial charge >= 0.3 is 0 Å². The molecule has 1 unspecified atom stereocenters. The van der Waals surface area contributed by atoms with Crippen LogP contribution in [-0.2, 0) is 6.42 Å². The number of hydrogen-bond donors (Lipinski definition) is 2. The van der Waals surface area contributed by atoms with E-state index in [-0.39, 0.29) is 23.2 Å². The first kappa shape index (κ1) is 15.7. The van der Waals surface area contributed by atoms with E-state index in [0.29, 0.717) is 6.42 Å². The zero-order valence-corrected chi connectivity index (χ0v) is 13.0. The molecule has 1 atom stereocenters. The molecule has 1 heterocycles. The van der Waals surface area contributed by atoms with E-state index in [1.165, 1.54) is 12.1 Å². The fourth-order valence-corrected chi connectivity index (χ4v) is 2.49. The molecule has 0 spiro atoms. The summed E-state index contributed by atoms with van der Waals surface area (Å²) in [6.45, 7) is 0. The Morgan fingerprint density at radius 3 is 2.25 bits per heavy atom. The Bertz CT molecular complexity index is 840. The first-order valence-electron chi connectivity index (χ1n) is 7.68. The summed E-state index contributed by atoms with van der Waals surface area (Å²) in [5.74, 6) is -0.323. The molecule has 0 aliphatic heterocycles. The lowest BCUT2D eigenvalue weighted by Gasteiger charge is -2.19. The van der Waals surface area contributed by atoms with Gasteiger partial charge < -0.3 is 5.32 Å². The molecule has 1 amide bonds. The van der Waals surface area contributed by atoms with Crippen molar-refractivity contribution in [1.29, 1.82) is 0 Å². The summed E-state index contributed by atoms with van der Waals surface area (Å²) in [5.41, 5.74) is 1.99. The molecule has 0 bridgehead atoms. The third kappa shape index (κ3) is 3.95. The van der Waals surface area contributed by atoms with Gasteiger partial charge in [0.15, 0.2) is 0 Å². The van der Waals surface area contributed by atoms with Gasteiger partial charge in [0.1, 0.15) is 5.69 Å². The van der Waals surface area contributed by atoms with Crippen LogP contribution in [0.15, 0.2) is 77.6 Å². The van der Waals surface area contributed by atoms with Crippen molar-refractivity contribution in [2.45, 2.75) is 12.5 Å². The van der Waals surface area contributed by atoms with Crippen LogP contribution in [-0.4, -0.2) is 16.1 Å². The Hall–Kier alpha value is -3.21. The lowest BCUT2D eigenvalue weighted by atomic mass is 9.98. The molecule has 2 aromatic carbocycles.